The zero-order valence-electron chi connectivity index (χ0n) is 12.4. The summed E-state index contributed by atoms with van der Waals surface area (Å²) in [4.78, 5) is 4.32. The molecule has 2 rings (SSSR count). The SMILES string of the molecule is CCOC[C@@H]1CN(S(=O)(=O)N(C)C)Cc2ncn(C)c21. The smallest absolute Gasteiger partial charge is 0.281 e. The van der Waals surface area contributed by atoms with Crippen molar-refractivity contribution in [1.82, 2.24) is 18.2 Å². The summed E-state index contributed by atoms with van der Waals surface area (Å²) >= 11 is 0. The van der Waals surface area contributed by atoms with Crippen molar-refractivity contribution in [2.45, 2.75) is 19.4 Å². The largest absolute Gasteiger partial charge is 0.381 e. The summed E-state index contributed by atoms with van der Waals surface area (Å²) in [6.45, 7) is 3.79. The lowest BCUT2D eigenvalue weighted by Gasteiger charge is -2.33. The zero-order valence-corrected chi connectivity index (χ0v) is 13.2. The first-order chi connectivity index (χ1) is 9.37. The van der Waals surface area contributed by atoms with E-state index in [2.05, 4.69) is 4.98 Å². The Bertz CT molecular complexity index is 567. The van der Waals surface area contributed by atoms with Crippen LogP contribution in [0.3, 0.4) is 0 Å². The molecule has 0 spiro atoms. The fraction of sp³-hybridized carbons (Fsp3) is 0.750. The Balaban J connectivity index is 2.31. The number of fused-ring (bicyclic) bond motifs is 1. The minimum Gasteiger partial charge on any atom is -0.381 e. The van der Waals surface area contributed by atoms with E-state index in [4.69, 9.17) is 4.74 Å². The van der Waals surface area contributed by atoms with Crippen molar-refractivity contribution < 1.29 is 13.2 Å². The van der Waals surface area contributed by atoms with Crippen molar-refractivity contribution >= 4 is 10.2 Å². The van der Waals surface area contributed by atoms with Crippen LogP contribution in [-0.2, 0) is 28.5 Å². The van der Waals surface area contributed by atoms with Gasteiger partial charge in [-0.25, -0.2) is 4.98 Å². The molecule has 8 heteroatoms. The van der Waals surface area contributed by atoms with Gasteiger partial charge in [-0.3, -0.25) is 0 Å². The molecule has 0 aliphatic carbocycles. The Hall–Kier alpha value is -0.960. The highest BCUT2D eigenvalue weighted by atomic mass is 32.2. The lowest BCUT2D eigenvalue weighted by molar-refractivity contribution is 0.118. The first-order valence-corrected chi connectivity index (χ1v) is 8.03. The van der Waals surface area contributed by atoms with E-state index in [0.717, 1.165) is 11.4 Å². The Labute approximate surface area is 120 Å². The third-order valence-corrected chi connectivity index (χ3v) is 5.36. The molecule has 7 nitrogen and oxygen atoms in total. The van der Waals surface area contributed by atoms with E-state index >= 15 is 0 Å². The Morgan fingerprint density at radius 3 is 2.80 bits per heavy atom. The van der Waals surface area contributed by atoms with Crippen LogP contribution in [0.25, 0.3) is 0 Å². The van der Waals surface area contributed by atoms with Gasteiger partial charge in [0.15, 0.2) is 0 Å². The Morgan fingerprint density at radius 1 is 1.50 bits per heavy atom. The Kier molecular flexibility index (Phi) is 4.48. The molecule has 0 unspecified atom stereocenters. The van der Waals surface area contributed by atoms with Gasteiger partial charge < -0.3 is 9.30 Å². The lowest BCUT2D eigenvalue weighted by atomic mass is 10.0. The van der Waals surface area contributed by atoms with Crippen molar-refractivity contribution in [3.63, 3.8) is 0 Å². The summed E-state index contributed by atoms with van der Waals surface area (Å²) in [7, 11) is 1.59. The normalized spacial score (nSPS) is 20.4. The molecule has 0 amide bonds. The van der Waals surface area contributed by atoms with Crippen molar-refractivity contribution in [3.8, 4) is 0 Å². The van der Waals surface area contributed by atoms with E-state index in [1.165, 1.54) is 8.61 Å². The van der Waals surface area contributed by atoms with Gasteiger partial charge in [-0.15, -0.1) is 0 Å². The number of rotatable bonds is 5. The number of nitrogens with zero attached hydrogens (tertiary/aromatic N) is 4. The van der Waals surface area contributed by atoms with Crippen LogP contribution in [0, 0.1) is 0 Å². The van der Waals surface area contributed by atoms with E-state index in [-0.39, 0.29) is 5.92 Å². The van der Waals surface area contributed by atoms with Crippen LogP contribution in [-0.4, -0.2) is 60.4 Å². The highest BCUT2D eigenvalue weighted by molar-refractivity contribution is 7.86. The molecule has 1 aromatic rings. The van der Waals surface area contributed by atoms with Gasteiger partial charge in [-0.2, -0.15) is 17.0 Å². The summed E-state index contributed by atoms with van der Waals surface area (Å²) < 4.78 is 34.8. The van der Waals surface area contributed by atoms with Gasteiger partial charge in [-0.1, -0.05) is 0 Å². The van der Waals surface area contributed by atoms with Gasteiger partial charge in [0.25, 0.3) is 10.2 Å². The molecular formula is C12H22N4O3S. The van der Waals surface area contributed by atoms with Gasteiger partial charge in [-0.05, 0) is 6.92 Å². The molecular weight excluding hydrogens is 280 g/mol. The van der Waals surface area contributed by atoms with Crippen molar-refractivity contribution in [1.29, 1.82) is 0 Å². The third kappa shape index (κ3) is 2.73. The summed E-state index contributed by atoms with van der Waals surface area (Å²) in [5.74, 6) is 0.0147. The predicted molar refractivity (Wildman–Crippen MR) is 75.5 cm³/mol. The fourth-order valence-corrected chi connectivity index (χ4v) is 3.61. The molecule has 0 radical (unpaired) electrons. The van der Waals surface area contributed by atoms with Crippen molar-refractivity contribution in [2.24, 2.45) is 7.05 Å². The zero-order chi connectivity index (χ0) is 14.9. The van der Waals surface area contributed by atoms with Gasteiger partial charge in [0.1, 0.15) is 0 Å². The highest BCUT2D eigenvalue weighted by Gasteiger charge is 2.35. The monoisotopic (exact) mass is 302 g/mol. The highest BCUT2D eigenvalue weighted by Crippen LogP contribution is 2.29. The van der Waals surface area contributed by atoms with Gasteiger partial charge >= 0.3 is 0 Å². The van der Waals surface area contributed by atoms with Crippen LogP contribution in [0.15, 0.2) is 6.33 Å². The van der Waals surface area contributed by atoms with Crippen LogP contribution in [0.1, 0.15) is 24.2 Å². The maximum Gasteiger partial charge on any atom is 0.281 e. The number of ether oxygens (including phenoxy) is 1. The second-order valence-corrected chi connectivity index (χ2v) is 7.27. The van der Waals surface area contributed by atoms with Crippen LogP contribution < -0.4 is 0 Å². The molecule has 1 aliphatic rings. The van der Waals surface area contributed by atoms with Crippen molar-refractivity contribution in [3.05, 3.63) is 17.7 Å². The van der Waals surface area contributed by atoms with E-state index in [0.29, 0.717) is 26.3 Å². The number of imidazole rings is 1. The van der Waals surface area contributed by atoms with Gasteiger partial charge in [0, 0.05) is 45.9 Å². The second-order valence-electron chi connectivity index (χ2n) is 5.13. The summed E-state index contributed by atoms with van der Waals surface area (Å²) in [5.41, 5.74) is 1.89. The quantitative estimate of drug-likeness (QED) is 0.777. The van der Waals surface area contributed by atoms with Crippen LogP contribution in [0.4, 0.5) is 0 Å². The maximum atomic E-state index is 12.3. The third-order valence-electron chi connectivity index (χ3n) is 3.51. The van der Waals surface area contributed by atoms with Crippen LogP contribution in [0.2, 0.25) is 0 Å². The molecule has 0 saturated carbocycles. The molecule has 2 heterocycles. The minimum atomic E-state index is -3.43. The Morgan fingerprint density at radius 2 is 2.20 bits per heavy atom. The van der Waals surface area contributed by atoms with Gasteiger partial charge in [0.05, 0.1) is 25.2 Å². The number of aromatic nitrogens is 2. The molecule has 0 fully saturated rings. The molecule has 1 aromatic heterocycles. The average molecular weight is 302 g/mol. The summed E-state index contributed by atoms with van der Waals surface area (Å²) in [5, 5.41) is 0. The molecule has 1 aliphatic heterocycles. The fourth-order valence-electron chi connectivity index (χ4n) is 2.50. The molecule has 114 valence electrons. The maximum absolute atomic E-state index is 12.3. The molecule has 0 aromatic carbocycles. The van der Waals surface area contributed by atoms with Crippen molar-refractivity contribution in [2.75, 3.05) is 33.9 Å². The average Bonchev–Trinajstić information content (AvgIpc) is 2.77. The second kappa shape index (κ2) is 5.80. The van der Waals surface area contributed by atoms with E-state index in [1.807, 2.05) is 18.5 Å². The van der Waals surface area contributed by atoms with E-state index < -0.39 is 10.2 Å². The standard InChI is InChI=1S/C12H22N4O3S/c1-5-19-8-10-6-16(20(17,18)14(2)3)7-11-12(10)15(4)9-13-11/h9-10H,5-8H2,1-4H3/t10-/m0/s1. The lowest BCUT2D eigenvalue weighted by Crippen LogP contribution is -2.45. The molecule has 0 saturated heterocycles. The molecule has 0 N–H and O–H groups in total. The van der Waals surface area contributed by atoms with Gasteiger partial charge in [0.2, 0.25) is 0 Å². The first-order valence-electron chi connectivity index (χ1n) is 6.63. The number of hydrogen-bond donors (Lipinski definition) is 0. The number of hydrogen-bond acceptors (Lipinski definition) is 4. The van der Waals surface area contributed by atoms with Crippen LogP contribution in [0.5, 0.6) is 0 Å². The first kappa shape index (κ1) is 15.4. The van der Waals surface area contributed by atoms with E-state index in [9.17, 15) is 8.42 Å². The number of aryl methyl sites for hydroxylation is 1. The summed E-state index contributed by atoms with van der Waals surface area (Å²) in [6.07, 6.45) is 1.73. The minimum absolute atomic E-state index is 0.0147. The molecule has 0 bridgehead atoms. The van der Waals surface area contributed by atoms with Crippen LogP contribution >= 0.6 is 0 Å². The topological polar surface area (TPSA) is 67.7 Å². The summed E-state index contributed by atoms with van der Waals surface area (Å²) in [6, 6.07) is 0. The molecule has 20 heavy (non-hydrogen) atoms. The predicted octanol–water partition coefficient (Wildman–Crippen LogP) is 0.162. The van der Waals surface area contributed by atoms with E-state index in [1.54, 1.807) is 20.4 Å². The molecule has 1 atom stereocenters.